The topological polar surface area (TPSA) is 26.3 Å². The van der Waals surface area contributed by atoms with Crippen LogP contribution in [0.3, 0.4) is 0 Å². The zero-order valence-electron chi connectivity index (χ0n) is 13.5. The zero-order chi connectivity index (χ0) is 14.5. The van der Waals surface area contributed by atoms with E-state index in [1.807, 2.05) is 20.8 Å². The molecule has 0 amide bonds. The first-order valence-electron chi connectivity index (χ1n) is 7.50. The molecule has 2 heteroatoms. The van der Waals surface area contributed by atoms with E-state index in [4.69, 9.17) is 4.74 Å². The van der Waals surface area contributed by atoms with Crippen LogP contribution in [0, 0.1) is 17.8 Å². The van der Waals surface area contributed by atoms with Gasteiger partial charge in [0.1, 0.15) is 5.60 Å². The van der Waals surface area contributed by atoms with Crippen LogP contribution in [0.5, 0.6) is 0 Å². The van der Waals surface area contributed by atoms with E-state index in [-0.39, 0.29) is 11.9 Å². The van der Waals surface area contributed by atoms with E-state index in [2.05, 4.69) is 27.7 Å². The largest absolute Gasteiger partial charge is 0.364 e. The Hall–Kier alpha value is -0.370. The molecule has 1 saturated heterocycles. The highest BCUT2D eigenvalue weighted by Crippen LogP contribution is 2.40. The first-order valence-corrected chi connectivity index (χ1v) is 7.50. The minimum absolute atomic E-state index is 0.166. The van der Waals surface area contributed by atoms with Crippen molar-refractivity contribution in [3.05, 3.63) is 0 Å². The summed E-state index contributed by atoms with van der Waals surface area (Å²) in [7, 11) is 0. The van der Waals surface area contributed by atoms with Crippen LogP contribution >= 0.6 is 0 Å². The lowest BCUT2D eigenvalue weighted by Gasteiger charge is -2.46. The average molecular weight is 256 g/mol. The summed E-state index contributed by atoms with van der Waals surface area (Å²) in [6.45, 7) is 16.5. The van der Waals surface area contributed by atoms with Gasteiger partial charge in [-0.3, -0.25) is 4.79 Å². The van der Waals surface area contributed by atoms with Crippen LogP contribution in [0.2, 0.25) is 0 Å². The molecule has 0 saturated carbocycles. The molecule has 5 atom stereocenters. The number of ether oxygens (including phenoxy) is 1. The molecule has 1 heterocycles. The predicted octanol–water partition coefficient (Wildman–Crippen LogP) is 4.47. The van der Waals surface area contributed by atoms with Crippen molar-refractivity contribution in [2.45, 2.75) is 79.9 Å². The molecular formula is C16H32O2. The van der Waals surface area contributed by atoms with Gasteiger partial charge in [-0.1, -0.05) is 48.0 Å². The summed E-state index contributed by atoms with van der Waals surface area (Å²) in [5, 5.41) is 0. The molecule has 1 rings (SSSR count). The Morgan fingerprint density at radius 1 is 1.39 bits per heavy atom. The van der Waals surface area contributed by atoms with Crippen LogP contribution < -0.4 is 0 Å². The van der Waals surface area contributed by atoms with Crippen molar-refractivity contribution >= 4 is 5.78 Å². The summed E-state index contributed by atoms with van der Waals surface area (Å²) < 4.78 is 6.12. The summed E-state index contributed by atoms with van der Waals surface area (Å²) in [6.07, 6.45) is 2.19. The van der Waals surface area contributed by atoms with Gasteiger partial charge in [-0.15, -0.1) is 0 Å². The van der Waals surface area contributed by atoms with E-state index < -0.39 is 5.60 Å². The van der Waals surface area contributed by atoms with Crippen molar-refractivity contribution < 1.29 is 9.53 Å². The van der Waals surface area contributed by atoms with Crippen LogP contribution in [-0.2, 0) is 9.53 Å². The quantitative estimate of drug-likeness (QED) is 0.745. The Balaban J connectivity index is 0.00000137. The number of carbonyl (C=O) groups excluding carboxylic acids is 1. The molecule has 0 radical (unpaired) electrons. The third-order valence-corrected chi connectivity index (χ3v) is 4.47. The molecule has 0 bridgehead atoms. The molecule has 0 aromatic rings. The molecule has 2 nitrogen and oxygen atoms in total. The fraction of sp³-hybridized carbons (Fsp3) is 0.938. The minimum Gasteiger partial charge on any atom is -0.364 e. The highest BCUT2D eigenvalue weighted by Gasteiger charge is 2.44. The average Bonchev–Trinajstić information content (AvgIpc) is 2.35. The maximum atomic E-state index is 11.7. The van der Waals surface area contributed by atoms with Gasteiger partial charge in [-0.05, 0) is 38.0 Å². The van der Waals surface area contributed by atoms with Crippen LogP contribution in [0.15, 0.2) is 0 Å². The molecule has 0 aromatic carbocycles. The fourth-order valence-corrected chi connectivity index (χ4v) is 2.67. The van der Waals surface area contributed by atoms with Crippen molar-refractivity contribution in [1.82, 2.24) is 0 Å². The summed E-state index contributed by atoms with van der Waals surface area (Å²) >= 11 is 0. The third-order valence-electron chi connectivity index (χ3n) is 4.47. The van der Waals surface area contributed by atoms with Gasteiger partial charge >= 0.3 is 0 Å². The summed E-state index contributed by atoms with van der Waals surface area (Å²) in [4.78, 5) is 11.7. The summed E-state index contributed by atoms with van der Waals surface area (Å²) in [5.74, 6) is 1.79. The number of hydrogen-bond donors (Lipinski definition) is 0. The Kier molecular flexibility index (Phi) is 7.13. The van der Waals surface area contributed by atoms with Crippen molar-refractivity contribution in [2.75, 3.05) is 0 Å². The van der Waals surface area contributed by atoms with Crippen molar-refractivity contribution in [1.29, 1.82) is 0 Å². The molecule has 108 valence electrons. The van der Waals surface area contributed by atoms with Gasteiger partial charge in [-0.2, -0.15) is 0 Å². The van der Waals surface area contributed by atoms with Crippen LogP contribution in [0.25, 0.3) is 0 Å². The normalized spacial score (nSPS) is 37.4. The van der Waals surface area contributed by atoms with E-state index in [0.717, 1.165) is 12.8 Å². The SMILES string of the molecule is CC.CC[C@@H](C)C1O[C@](C)(C(C)=O)CC(C)[C@H]1C. The minimum atomic E-state index is -0.556. The molecule has 2 unspecified atom stereocenters. The molecule has 1 aliphatic heterocycles. The van der Waals surface area contributed by atoms with Gasteiger partial charge in [0.15, 0.2) is 5.78 Å². The Morgan fingerprint density at radius 2 is 1.89 bits per heavy atom. The van der Waals surface area contributed by atoms with Crippen LogP contribution in [0.4, 0.5) is 0 Å². The van der Waals surface area contributed by atoms with Gasteiger partial charge in [-0.25, -0.2) is 0 Å². The zero-order valence-corrected chi connectivity index (χ0v) is 13.5. The number of rotatable bonds is 3. The number of hydrogen-bond acceptors (Lipinski definition) is 2. The molecule has 0 N–H and O–H groups in total. The van der Waals surface area contributed by atoms with Crippen LogP contribution in [-0.4, -0.2) is 17.5 Å². The Bertz CT molecular complexity index is 262. The van der Waals surface area contributed by atoms with Crippen molar-refractivity contribution in [2.24, 2.45) is 17.8 Å². The molecule has 18 heavy (non-hydrogen) atoms. The van der Waals surface area contributed by atoms with Gasteiger partial charge < -0.3 is 4.74 Å². The summed E-state index contributed by atoms with van der Waals surface area (Å²) in [6, 6.07) is 0. The van der Waals surface area contributed by atoms with E-state index in [1.54, 1.807) is 6.92 Å². The van der Waals surface area contributed by atoms with E-state index in [0.29, 0.717) is 17.8 Å². The maximum Gasteiger partial charge on any atom is 0.161 e. The summed E-state index contributed by atoms with van der Waals surface area (Å²) in [5.41, 5.74) is -0.556. The number of Topliss-reactive ketones (excluding diaryl/α,β-unsaturated/α-hetero) is 1. The van der Waals surface area contributed by atoms with Crippen molar-refractivity contribution in [3.8, 4) is 0 Å². The second kappa shape index (κ2) is 7.28. The highest BCUT2D eigenvalue weighted by molar-refractivity contribution is 5.84. The van der Waals surface area contributed by atoms with Gasteiger partial charge in [0.25, 0.3) is 0 Å². The second-order valence-corrected chi connectivity index (χ2v) is 5.80. The maximum absolute atomic E-state index is 11.7. The Labute approximate surface area is 113 Å². The lowest BCUT2D eigenvalue weighted by Crippen LogP contribution is -2.51. The molecule has 1 fully saturated rings. The Morgan fingerprint density at radius 3 is 2.28 bits per heavy atom. The van der Waals surface area contributed by atoms with Crippen LogP contribution in [0.1, 0.15) is 68.2 Å². The predicted molar refractivity (Wildman–Crippen MR) is 77.7 cm³/mol. The monoisotopic (exact) mass is 256 g/mol. The third kappa shape index (κ3) is 3.81. The lowest BCUT2D eigenvalue weighted by atomic mass is 9.74. The number of ketones is 1. The molecular weight excluding hydrogens is 224 g/mol. The van der Waals surface area contributed by atoms with Gasteiger partial charge in [0, 0.05) is 0 Å². The van der Waals surface area contributed by atoms with Gasteiger partial charge in [0.05, 0.1) is 6.10 Å². The van der Waals surface area contributed by atoms with E-state index >= 15 is 0 Å². The fourth-order valence-electron chi connectivity index (χ4n) is 2.67. The molecule has 1 aliphatic rings. The van der Waals surface area contributed by atoms with E-state index in [1.165, 1.54) is 0 Å². The number of carbonyl (C=O) groups is 1. The molecule has 0 aromatic heterocycles. The first kappa shape index (κ1) is 17.6. The lowest BCUT2D eigenvalue weighted by molar-refractivity contribution is -0.185. The standard InChI is InChI=1S/C14H26O2.C2H6/c1-7-9(2)13-11(4)10(3)8-14(6,16-13)12(5)15;1-2/h9-11,13H,7-8H2,1-6H3;1-2H3/t9-,10?,11-,13?,14+;/m1./s1. The van der Waals surface area contributed by atoms with Gasteiger partial charge in [0.2, 0.25) is 0 Å². The van der Waals surface area contributed by atoms with Crippen molar-refractivity contribution in [3.63, 3.8) is 0 Å². The highest BCUT2D eigenvalue weighted by atomic mass is 16.5. The second-order valence-electron chi connectivity index (χ2n) is 5.80. The first-order chi connectivity index (χ1) is 8.31. The molecule has 0 aliphatic carbocycles. The molecule has 0 spiro atoms. The smallest absolute Gasteiger partial charge is 0.161 e. The van der Waals surface area contributed by atoms with E-state index in [9.17, 15) is 4.79 Å².